The second-order valence-electron chi connectivity index (χ2n) is 6.46. The normalized spacial score (nSPS) is 11.1. The van der Waals surface area contributed by atoms with Crippen molar-refractivity contribution in [1.82, 2.24) is 15.1 Å². The smallest absolute Gasteiger partial charge is 0.151 e. The molecule has 142 valence electrons. The van der Waals surface area contributed by atoms with E-state index >= 15 is 0 Å². The molecule has 0 aliphatic carbocycles. The molecule has 1 heterocycles. The summed E-state index contributed by atoms with van der Waals surface area (Å²) in [5, 5.41) is 7.86. The number of methoxy groups -OCH3 is 1. The van der Waals surface area contributed by atoms with Crippen LogP contribution < -0.4 is 5.32 Å². The zero-order chi connectivity index (χ0) is 19.4. The average molecular weight is 371 g/mol. The number of nitrogens with one attached hydrogen (secondary N) is 1. The predicted octanol–water partition coefficient (Wildman–Crippen LogP) is 4.20. The topological polar surface area (TPSA) is 39.1 Å². The average Bonchev–Trinajstić information content (AvgIpc) is 2.91. The van der Waals surface area contributed by atoms with Crippen LogP contribution in [0.3, 0.4) is 0 Å². The molecule has 1 aromatic heterocycles. The quantitative estimate of drug-likeness (QED) is 0.676. The highest BCUT2D eigenvalue weighted by molar-refractivity contribution is 5.38. The molecule has 0 bridgehead atoms. The molecule has 3 aromatic rings. The molecule has 1 N–H and O–H groups in total. The van der Waals surface area contributed by atoms with Gasteiger partial charge in [-0.25, -0.2) is 13.5 Å². The van der Waals surface area contributed by atoms with Gasteiger partial charge in [0.2, 0.25) is 0 Å². The van der Waals surface area contributed by atoms with E-state index in [2.05, 4.69) is 16.5 Å². The van der Waals surface area contributed by atoms with Gasteiger partial charge < -0.3 is 10.1 Å². The Morgan fingerprint density at radius 1 is 1.04 bits per heavy atom. The van der Waals surface area contributed by atoms with Gasteiger partial charge in [0, 0.05) is 37.5 Å². The summed E-state index contributed by atoms with van der Waals surface area (Å²) >= 11 is 0. The van der Waals surface area contributed by atoms with Crippen molar-refractivity contribution in [2.24, 2.45) is 0 Å². The summed E-state index contributed by atoms with van der Waals surface area (Å²) in [6.07, 6.45) is 0. The van der Waals surface area contributed by atoms with Gasteiger partial charge in [-0.2, -0.15) is 5.10 Å². The van der Waals surface area contributed by atoms with Gasteiger partial charge in [-0.15, -0.1) is 0 Å². The lowest BCUT2D eigenvalue weighted by molar-refractivity contribution is 0.184. The van der Waals surface area contributed by atoms with Crippen LogP contribution >= 0.6 is 0 Å². The van der Waals surface area contributed by atoms with Crippen molar-refractivity contribution in [3.63, 3.8) is 0 Å². The molecular formula is C21H23F2N3O. The van der Waals surface area contributed by atoms with Gasteiger partial charge >= 0.3 is 0 Å². The fourth-order valence-electron chi connectivity index (χ4n) is 3.17. The molecule has 0 unspecified atom stereocenters. The van der Waals surface area contributed by atoms with E-state index in [4.69, 9.17) is 4.74 Å². The molecule has 0 aliphatic rings. The molecule has 0 fully saturated rings. The van der Waals surface area contributed by atoms with E-state index in [0.29, 0.717) is 19.7 Å². The molecule has 0 radical (unpaired) electrons. The van der Waals surface area contributed by atoms with Crippen molar-refractivity contribution < 1.29 is 13.5 Å². The minimum Gasteiger partial charge on any atom is -0.380 e. The third-order valence-corrected chi connectivity index (χ3v) is 4.61. The van der Waals surface area contributed by atoms with Crippen LogP contribution in [-0.2, 0) is 24.4 Å². The molecule has 0 amide bonds. The third kappa shape index (κ3) is 4.23. The lowest BCUT2D eigenvalue weighted by atomic mass is 10.1. The maximum Gasteiger partial charge on any atom is 0.151 e. The second kappa shape index (κ2) is 8.41. The summed E-state index contributed by atoms with van der Waals surface area (Å²) in [4.78, 5) is 0. The number of aryl methyl sites for hydroxylation is 1. The fraction of sp³-hybridized carbons (Fsp3) is 0.286. The molecule has 0 spiro atoms. The van der Waals surface area contributed by atoms with E-state index in [1.54, 1.807) is 7.11 Å². The third-order valence-electron chi connectivity index (χ3n) is 4.61. The van der Waals surface area contributed by atoms with E-state index in [1.807, 2.05) is 32.0 Å². The first-order valence-electron chi connectivity index (χ1n) is 8.78. The van der Waals surface area contributed by atoms with Crippen LogP contribution in [0.1, 0.15) is 28.1 Å². The minimum atomic E-state index is -0.631. The highest BCUT2D eigenvalue weighted by Crippen LogP contribution is 2.21. The molecule has 2 aromatic carbocycles. The molecule has 0 saturated carbocycles. The Balaban J connectivity index is 1.76. The monoisotopic (exact) mass is 371 g/mol. The van der Waals surface area contributed by atoms with Crippen molar-refractivity contribution in [3.05, 3.63) is 82.2 Å². The summed E-state index contributed by atoms with van der Waals surface area (Å²) in [5.41, 5.74) is 5.21. The first-order chi connectivity index (χ1) is 13.0. The number of hydrogen-bond acceptors (Lipinski definition) is 3. The Kier molecular flexibility index (Phi) is 5.98. The number of ether oxygens (including phenoxy) is 1. The first kappa shape index (κ1) is 19.2. The van der Waals surface area contributed by atoms with Gasteiger partial charge in [-0.1, -0.05) is 24.3 Å². The number of nitrogens with zero attached hydrogens (tertiary/aromatic N) is 2. The van der Waals surface area contributed by atoms with Crippen LogP contribution in [0.4, 0.5) is 8.78 Å². The molecule has 27 heavy (non-hydrogen) atoms. The molecule has 6 heteroatoms. The highest BCUT2D eigenvalue weighted by Gasteiger charge is 2.15. The Morgan fingerprint density at radius 2 is 1.78 bits per heavy atom. The summed E-state index contributed by atoms with van der Waals surface area (Å²) < 4.78 is 34.1. The number of hydrogen-bond donors (Lipinski definition) is 1. The van der Waals surface area contributed by atoms with Crippen molar-refractivity contribution in [2.45, 2.75) is 33.5 Å². The minimum absolute atomic E-state index is 0.244. The number of benzene rings is 2. The van der Waals surface area contributed by atoms with Crippen molar-refractivity contribution >= 4 is 0 Å². The SMILES string of the molecule is COCc1ccccc1CNCc1c(C)nn(-c2ccc(F)cc2F)c1C. The van der Waals surface area contributed by atoms with Gasteiger partial charge in [0.05, 0.1) is 12.3 Å². The van der Waals surface area contributed by atoms with Gasteiger partial charge in [-0.05, 0) is 37.1 Å². The number of rotatable bonds is 7. The predicted molar refractivity (Wildman–Crippen MR) is 101 cm³/mol. The highest BCUT2D eigenvalue weighted by atomic mass is 19.1. The van der Waals surface area contributed by atoms with Crippen molar-refractivity contribution in [2.75, 3.05) is 7.11 Å². The van der Waals surface area contributed by atoms with Crippen LogP contribution in [-0.4, -0.2) is 16.9 Å². The summed E-state index contributed by atoms with van der Waals surface area (Å²) in [6.45, 7) is 5.63. The molecule has 0 saturated heterocycles. The Hall–Kier alpha value is -2.57. The van der Waals surface area contributed by atoms with E-state index in [9.17, 15) is 8.78 Å². The first-order valence-corrected chi connectivity index (χ1v) is 8.78. The van der Waals surface area contributed by atoms with Gasteiger partial charge in [0.15, 0.2) is 5.82 Å². The zero-order valence-electron chi connectivity index (χ0n) is 15.7. The molecule has 0 aliphatic heterocycles. The van der Waals surface area contributed by atoms with E-state index < -0.39 is 11.6 Å². The van der Waals surface area contributed by atoms with E-state index in [-0.39, 0.29) is 5.69 Å². The maximum absolute atomic E-state index is 14.1. The van der Waals surface area contributed by atoms with Crippen LogP contribution in [0.5, 0.6) is 0 Å². The Labute approximate surface area is 157 Å². The second-order valence-corrected chi connectivity index (χ2v) is 6.46. The van der Waals surface area contributed by atoms with E-state index in [0.717, 1.165) is 28.6 Å². The molecule has 4 nitrogen and oxygen atoms in total. The molecule has 3 rings (SSSR count). The van der Waals surface area contributed by atoms with Gasteiger partial charge in [0.25, 0.3) is 0 Å². The molecule has 0 atom stereocenters. The summed E-state index contributed by atoms with van der Waals surface area (Å²) in [6, 6.07) is 11.6. The van der Waals surface area contributed by atoms with Gasteiger partial charge in [0.1, 0.15) is 11.5 Å². The van der Waals surface area contributed by atoms with Crippen LogP contribution in [0.15, 0.2) is 42.5 Å². The standard InChI is InChI=1S/C21H23F2N3O/c1-14-19(12-24-11-16-6-4-5-7-17(16)13-27-3)15(2)26(25-14)21-9-8-18(22)10-20(21)23/h4-10,24H,11-13H2,1-3H3. The van der Waals surface area contributed by atoms with Crippen LogP contribution in [0.2, 0.25) is 0 Å². The number of aromatic nitrogens is 2. The fourth-order valence-corrected chi connectivity index (χ4v) is 3.17. The van der Waals surface area contributed by atoms with Crippen LogP contribution in [0, 0.1) is 25.5 Å². The largest absolute Gasteiger partial charge is 0.380 e. The summed E-state index contributed by atoms with van der Waals surface area (Å²) in [5.74, 6) is -1.23. The lowest BCUT2D eigenvalue weighted by Gasteiger charge is -2.11. The Morgan fingerprint density at radius 3 is 2.48 bits per heavy atom. The number of halogens is 2. The van der Waals surface area contributed by atoms with Crippen molar-refractivity contribution in [3.8, 4) is 5.69 Å². The van der Waals surface area contributed by atoms with Crippen LogP contribution in [0.25, 0.3) is 5.69 Å². The molecular weight excluding hydrogens is 348 g/mol. The van der Waals surface area contributed by atoms with Gasteiger partial charge in [-0.3, -0.25) is 0 Å². The van der Waals surface area contributed by atoms with E-state index in [1.165, 1.54) is 22.4 Å². The lowest BCUT2D eigenvalue weighted by Crippen LogP contribution is -2.15. The zero-order valence-corrected chi connectivity index (χ0v) is 15.7. The maximum atomic E-state index is 14.1. The summed E-state index contributed by atoms with van der Waals surface area (Å²) in [7, 11) is 1.68. The van der Waals surface area contributed by atoms with Crippen molar-refractivity contribution in [1.29, 1.82) is 0 Å². The Bertz CT molecular complexity index is 937.